The Hall–Kier alpha value is 0.470. The van der Waals surface area contributed by atoms with Gasteiger partial charge in [-0.25, -0.2) is 12.2 Å². The topological polar surface area (TPSA) is 0 Å². The van der Waals surface area contributed by atoms with Crippen molar-refractivity contribution >= 4 is 58.4 Å². The van der Waals surface area contributed by atoms with Crippen LogP contribution >= 0.6 is 40.7 Å². The van der Waals surface area contributed by atoms with Crippen LogP contribution in [0.15, 0.2) is 47.0 Å². The monoisotopic (exact) mass is 506 g/mol. The number of aryl methyl sites for hydroxylation is 2. The third-order valence-electron chi connectivity index (χ3n) is 2.82. The molecule has 0 fully saturated rings. The van der Waals surface area contributed by atoms with E-state index in [4.69, 9.17) is 0 Å². The van der Waals surface area contributed by atoms with E-state index in [9.17, 15) is 0 Å². The molecule has 5 heteroatoms. The molecule has 0 atom stereocenters. The van der Waals surface area contributed by atoms with Gasteiger partial charge in [0.2, 0.25) is 0 Å². The number of halogens is 3. The molecule has 2 aromatic rings. The van der Waals surface area contributed by atoms with Gasteiger partial charge in [-0.05, 0) is 6.92 Å². The Morgan fingerprint density at radius 1 is 1.17 bits per heavy atom. The van der Waals surface area contributed by atoms with Crippen LogP contribution in [0, 0.1) is 34.8 Å². The van der Waals surface area contributed by atoms with Crippen molar-refractivity contribution < 1.29 is 23.3 Å². The molecule has 0 N–H and O–H groups in total. The van der Waals surface area contributed by atoms with E-state index in [1.165, 1.54) is 49.7 Å². The van der Waals surface area contributed by atoms with E-state index in [0.717, 1.165) is 6.42 Å². The van der Waals surface area contributed by atoms with Crippen LogP contribution in [0.4, 0.5) is 0 Å². The molecule has 3 rings (SSSR count). The standard InChI is InChI=1S/C11H10Br.C5H5.2CH3.2ClH.Si.Zr/c1-7-5-9-3-4-11(12)8(2)10(9)6-7;1-2-4-5-3-1;;;;;;/h3-6H,1-2H3;1-3H,4H2;2*1H3;2*1H;;/q4*-1;;;;. The first kappa shape index (κ1) is 31.3. The Labute approximate surface area is 179 Å². The molecule has 0 unspecified atom stereocenters. The fourth-order valence-electron chi connectivity index (χ4n) is 1.90. The van der Waals surface area contributed by atoms with E-state index in [2.05, 4.69) is 73.1 Å². The van der Waals surface area contributed by atoms with Gasteiger partial charge in [0.05, 0.1) is 0 Å². The molecule has 0 heterocycles. The minimum absolute atomic E-state index is 0. The fourth-order valence-corrected chi connectivity index (χ4v) is 2.24. The number of fused-ring (bicyclic) bond motifs is 1. The van der Waals surface area contributed by atoms with Gasteiger partial charge in [0.25, 0.3) is 0 Å². The Morgan fingerprint density at radius 3 is 2.22 bits per heavy atom. The van der Waals surface area contributed by atoms with Crippen LogP contribution in [-0.4, -0.2) is 6.88 Å². The van der Waals surface area contributed by atoms with Crippen LogP contribution in [0.5, 0.6) is 0 Å². The molecule has 0 amide bonds. The molecule has 0 nitrogen and oxygen atoms in total. The van der Waals surface area contributed by atoms with E-state index in [1.807, 2.05) is 12.2 Å². The van der Waals surface area contributed by atoms with Crippen molar-refractivity contribution in [2.45, 2.75) is 20.3 Å². The van der Waals surface area contributed by atoms with Gasteiger partial charge in [-0.3, -0.25) is 6.08 Å². The van der Waals surface area contributed by atoms with Crippen LogP contribution in [0.3, 0.4) is 0 Å². The van der Waals surface area contributed by atoms with Gasteiger partial charge >= 0.3 is 30.2 Å². The first-order chi connectivity index (χ1) is 9.18. The van der Waals surface area contributed by atoms with Crippen molar-refractivity contribution in [2.75, 3.05) is 0 Å². The molecule has 1 aliphatic carbocycles. The van der Waals surface area contributed by atoms with E-state index in [1.54, 1.807) is 0 Å². The zero-order chi connectivity index (χ0) is 14.3. The number of hydrogen-bond acceptors (Lipinski definition) is 0. The van der Waals surface area contributed by atoms with Crippen LogP contribution < -0.4 is 0 Å². The molecule has 23 heavy (non-hydrogen) atoms. The summed E-state index contributed by atoms with van der Waals surface area (Å²) in [6.45, 7) is 7.34. The molecule has 128 valence electrons. The Balaban J connectivity index is -0.000000143. The van der Waals surface area contributed by atoms with Crippen LogP contribution in [0.25, 0.3) is 10.8 Å². The van der Waals surface area contributed by atoms with E-state index in [-0.39, 0.29) is 39.7 Å². The summed E-state index contributed by atoms with van der Waals surface area (Å²) >= 11 is 4.88. The van der Waals surface area contributed by atoms with Crippen molar-refractivity contribution in [3.63, 3.8) is 0 Å². The van der Waals surface area contributed by atoms with Crippen molar-refractivity contribution in [3.8, 4) is 0 Å². The van der Waals surface area contributed by atoms with Crippen LogP contribution in [-0.2, 0) is 23.3 Å². The average molecular weight is 510 g/mol. The first-order valence-corrected chi connectivity index (χ1v) is 11.0. The SMILES string of the molecule is Cc1cc2c(C)c(Br)ccc2[cH-]1.Cl.Cl.[C-]1=CC=CC1.[CH3-].[CH3-].[Si]=[Zr]. The number of rotatable bonds is 0. The normalized spacial score (nSPS) is 9.65. The van der Waals surface area contributed by atoms with Gasteiger partial charge < -0.3 is 14.9 Å². The predicted octanol–water partition coefficient (Wildman–Crippen LogP) is 6.60. The maximum absolute atomic E-state index is 3.53. The molecule has 0 aliphatic heterocycles. The van der Waals surface area contributed by atoms with Gasteiger partial charge in [0.1, 0.15) is 0 Å². The van der Waals surface area contributed by atoms with Gasteiger partial charge in [-0.2, -0.15) is 12.1 Å². The van der Waals surface area contributed by atoms with Gasteiger partial charge in [0, 0.05) is 4.47 Å². The molecular weight excluding hydrogens is 486 g/mol. The summed E-state index contributed by atoms with van der Waals surface area (Å²) in [6.07, 6.45) is 10.0. The van der Waals surface area contributed by atoms with Gasteiger partial charge in [-0.15, -0.1) is 59.7 Å². The van der Waals surface area contributed by atoms with Gasteiger partial charge in [-0.1, -0.05) is 34.5 Å². The molecule has 2 radical (unpaired) electrons. The minimum atomic E-state index is 0. The van der Waals surface area contributed by atoms with Crippen molar-refractivity contribution in [2.24, 2.45) is 0 Å². The number of hydrogen-bond donors (Lipinski definition) is 0. The summed E-state index contributed by atoms with van der Waals surface area (Å²) in [6, 6.07) is 8.71. The first-order valence-electron chi connectivity index (χ1n) is 5.97. The predicted molar refractivity (Wildman–Crippen MR) is 111 cm³/mol. The second-order valence-electron chi connectivity index (χ2n) is 4.21. The molecule has 0 saturated heterocycles. The third kappa shape index (κ3) is 10.1. The molecule has 0 spiro atoms. The van der Waals surface area contributed by atoms with E-state index in [0.29, 0.717) is 0 Å². The number of benzene rings is 1. The molecule has 0 aromatic heterocycles. The van der Waals surface area contributed by atoms with Crippen molar-refractivity contribution in [1.82, 2.24) is 0 Å². The maximum atomic E-state index is 3.53. The average Bonchev–Trinajstić information content (AvgIpc) is 3.09. The molecular formula is C18H23BrCl2SiZr-4. The summed E-state index contributed by atoms with van der Waals surface area (Å²) < 4.78 is 1.20. The fraction of sp³-hybridized carbons (Fsp3) is 0.167. The number of allylic oxidation sites excluding steroid dienone is 4. The second-order valence-corrected chi connectivity index (χ2v) is 5.07. The van der Waals surface area contributed by atoms with Crippen LogP contribution in [0.2, 0.25) is 0 Å². The van der Waals surface area contributed by atoms with Crippen molar-refractivity contribution in [3.05, 3.63) is 79.0 Å². The van der Waals surface area contributed by atoms with Crippen LogP contribution in [0.1, 0.15) is 17.5 Å². The summed E-state index contributed by atoms with van der Waals surface area (Å²) in [7, 11) is 0. The van der Waals surface area contributed by atoms with E-state index >= 15 is 0 Å². The molecule has 0 saturated carbocycles. The second kappa shape index (κ2) is 17.3. The summed E-state index contributed by atoms with van der Waals surface area (Å²) in [5.74, 6) is 0. The zero-order valence-corrected chi connectivity index (χ0v) is 20.6. The van der Waals surface area contributed by atoms with E-state index < -0.39 is 0 Å². The van der Waals surface area contributed by atoms with Crippen molar-refractivity contribution in [1.29, 1.82) is 0 Å². The molecule has 2 aromatic carbocycles. The Bertz CT molecular complexity index is 596. The zero-order valence-electron chi connectivity index (χ0n) is 13.9. The Morgan fingerprint density at radius 2 is 1.78 bits per heavy atom. The molecule has 1 aliphatic rings. The summed E-state index contributed by atoms with van der Waals surface area (Å²) in [5.41, 5.74) is 2.67. The summed E-state index contributed by atoms with van der Waals surface area (Å²) in [4.78, 5) is 0. The molecule has 0 bridgehead atoms. The third-order valence-corrected chi connectivity index (χ3v) is 3.68. The summed E-state index contributed by atoms with van der Waals surface area (Å²) in [5, 5.41) is 2.70. The van der Waals surface area contributed by atoms with Gasteiger partial charge in [0.15, 0.2) is 0 Å². The quantitative estimate of drug-likeness (QED) is 0.277. The Kier molecular flexibility index (Phi) is 23.5.